The SMILES string of the molecule is Fc1nnc(-c2cccs2)c(-c2ccccc2)c1-c1ccccn1. The largest absolute Gasteiger partial charge is 0.256 e. The first-order chi connectivity index (χ1) is 11.8. The van der Waals surface area contributed by atoms with Gasteiger partial charge in [0.25, 0.3) is 0 Å². The molecule has 0 aliphatic rings. The molecule has 0 bridgehead atoms. The van der Waals surface area contributed by atoms with E-state index < -0.39 is 5.95 Å². The second kappa shape index (κ2) is 6.29. The zero-order chi connectivity index (χ0) is 16.4. The molecule has 5 heteroatoms. The van der Waals surface area contributed by atoms with Gasteiger partial charge in [0.1, 0.15) is 5.69 Å². The summed E-state index contributed by atoms with van der Waals surface area (Å²) in [5.74, 6) is -0.618. The Morgan fingerprint density at radius 2 is 1.62 bits per heavy atom. The highest BCUT2D eigenvalue weighted by molar-refractivity contribution is 7.13. The third-order valence-electron chi connectivity index (χ3n) is 3.67. The van der Waals surface area contributed by atoms with E-state index in [9.17, 15) is 4.39 Å². The van der Waals surface area contributed by atoms with Crippen molar-refractivity contribution >= 4 is 11.3 Å². The predicted octanol–water partition coefficient (Wildman–Crippen LogP) is 5.07. The fraction of sp³-hybridized carbons (Fsp3) is 0. The molecule has 3 aromatic heterocycles. The van der Waals surface area contributed by atoms with Gasteiger partial charge in [0.2, 0.25) is 5.95 Å². The molecule has 0 saturated carbocycles. The fourth-order valence-electron chi connectivity index (χ4n) is 2.63. The third-order valence-corrected chi connectivity index (χ3v) is 4.55. The van der Waals surface area contributed by atoms with Crippen molar-refractivity contribution in [3.8, 4) is 33.0 Å². The van der Waals surface area contributed by atoms with Crippen molar-refractivity contribution in [2.24, 2.45) is 0 Å². The van der Waals surface area contributed by atoms with Crippen LogP contribution in [-0.2, 0) is 0 Å². The van der Waals surface area contributed by atoms with Gasteiger partial charge >= 0.3 is 0 Å². The molecular formula is C19H12FN3S. The summed E-state index contributed by atoms with van der Waals surface area (Å²) in [4.78, 5) is 5.26. The second-order valence-electron chi connectivity index (χ2n) is 5.15. The molecule has 0 atom stereocenters. The van der Waals surface area contributed by atoms with Crippen LogP contribution in [0.1, 0.15) is 0 Å². The Balaban J connectivity index is 2.08. The van der Waals surface area contributed by atoms with Gasteiger partial charge in [0, 0.05) is 11.8 Å². The van der Waals surface area contributed by atoms with Crippen LogP contribution in [0.2, 0.25) is 0 Å². The van der Waals surface area contributed by atoms with Gasteiger partial charge in [0.05, 0.1) is 16.1 Å². The van der Waals surface area contributed by atoms with E-state index in [0.29, 0.717) is 22.5 Å². The molecule has 4 aromatic rings. The second-order valence-corrected chi connectivity index (χ2v) is 6.10. The Hall–Kier alpha value is -2.92. The molecule has 0 aliphatic carbocycles. The van der Waals surface area contributed by atoms with Crippen molar-refractivity contribution in [3.63, 3.8) is 0 Å². The highest BCUT2D eigenvalue weighted by Gasteiger charge is 2.21. The first kappa shape index (κ1) is 14.7. The standard InChI is InChI=1S/C19H12FN3S/c20-19-17(14-9-4-5-11-21-14)16(13-7-2-1-3-8-13)18(22-23-19)15-10-6-12-24-15/h1-12H. The summed E-state index contributed by atoms with van der Waals surface area (Å²) >= 11 is 1.55. The number of thiophene rings is 1. The predicted molar refractivity (Wildman–Crippen MR) is 94.0 cm³/mol. The van der Waals surface area contributed by atoms with E-state index in [-0.39, 0.29) is 0 Å². The molecule has 0 spiro atoms. The number of aromatic nitrogens is 3. The lowest BCUT2D eigenvalue weighted by Crippen LogP contribution is -2.01. The fourth-order valence-corrected chi connectivity index (χ4v) is 3.35. The van der Waals surface area contributed by atoms with Gasteiger partial charge in [-0.25, -0.2) is 0 Å². The van der Waals surface area contributed by atoms with E-state index in [1.165, 1.54) is 0 Å². The number of pyridine rings is 1. The minimum absolute atomic E-state index is 0.375. The monoisotopic (exact) mass is 333 g/mol. The van der Waals surface area contributed by atoms with E-state index >= 15 is 0 Å². The first-order valence-electron chi connectivity index (χ1n) is 7.41. The Morgan fingerprint density at radius 3 is 2.33 bits per heavy atom. The summed E-state index contributed by atoms with van der Waals surface area (Å²) in [7, 11) is 0. The molecule has 116 valence electrons. The molecule has 1 aromatic carbocycles. The lowest BCUT2D eigenvalue weighted by atomic mass is 9.96. The van der Waals surface area contributed by atoms with Gasteiger partial charge < -0.3 is 0 Å². The Kier molecular flexibility index (Phi) is 3.84. The smallest absolute Gasteiger partial charge is 0.243 e. The molecule has 24 heavy (non-hydrogen) atoms. The van der Waals surface area contributed by atoms with Crippen LogP contribution in [0.15, 0.2) is 72.2 Å². The van der Waals surface area contributed by atoms with Gasteiger partial charge in [-0.05, 0) is 29.1 Å². The molecule has 0 radical (unpaired) electrons. The number of nitrogens with zero attached hydrogens (tertiary/aromatic N) is 3. The summed E-state index contributed by atoms with van der Waals surface area (Å²) in [5.41, 5.74) is 3.18. The highest BCUT2D eigenvalue weighted by atomic mass is 32.1. The van der Waals surface area contributed by atoms with Crippen molar-refractivity contribution in [3.05, 3.63) is 78.2 Å². The van der Waals surface area contributed by atoms with E-state index in [1.807, 2.05) is 53.9 Å². The van der Waals surface area contributed by atoms with Crippen LogP contribution < -0.4 is 0 Å². The van der Waals surface area contributed by atoms with Crippen LogP contribution in [0.4, 0.5) is 4.39 Å². The van der Waals surface area contributed by atoms with E-state index in [4.69, 9.17) is 0 Å². The van der Waals surface area contributed by atoms with E-state index in [1.54, 1.807) is 29.7 Å². The Morgan fingerprint density at radius 1 is 0.792 bits per heavy atom. The van der Waals surface area contributed by atoms with Gasteiger partial charge in [-0.2, -0.15) is 4.39 Å². The summed E-state index contributed by atoms with van der Waals surface area (Å²) in [6, 6.07) is 19.0. The normalized spacial score (nSPS) is 10.7. The topological polar surface area (TPSA) is 38.7 Å². The van der Waals surface area contributed by atoms with Crippen molar-refractivity contribution < 1.29 is 4.39 Å². The molecule has 0 aliphatic heterocycles. The number of hydrogen-bond donors (Lipinski definition) is 0. The first-order valence-corrected chi connectivity index (χ1v) is 8.29. The van der Waals surface area contributed by atoms with Gasteiger partial charge in [0.15, 0.2) is 0 Å². The van der Waals surface area contributed by atoms with Crippen LogP contribution in [0.5, 0.6) is 0 Å². The lowest BCUT2D eigenvalue weighted by molar-refractivity contribution is 0.568. The zero-order valence-corrected chi connectivity index (χ0v) is 13.4. The maximum absolute atomic E-state index is 14.6. The van der Waals surface area contributed by atoms with Crippen molar-refractivity contribution in [2.45, 2.75) is 0 Å². The minimum atomic E-state index is -0.618. The highest BCUT2D eigenvalue weighted by Crippen LogP contribution is 2.39. The summed E-state index contributed by atoms with van der Waals surface area (Å²) in [5, 5.41) is 9.86. The van der Waals surface area contributed by atoms with Crippen molar-refractivity contribution in [2.75, 3.05) is 0 Å². The maximum Gasteiger partial charge on any atom is 0.243 e. The molecular weight excluding hydrogens is 321 g/mol. The number of hydrogen-bond acceptors (Lipinski definition) is 4. The average molecular weight is 333 g/mol. The van der Waals surface area contributed by atoms with Crippen LogP contribution in [0, 0.1) is 5.95 Å². The molecule has 0 fully saturated rings. The summed E-state index contributed by atoms with van der Waals surface area (Å²) in [6.07, 6.45) is 1.65. The summed E-state index contributed by atoms with van der Waals surface area (Å²) < 4.78 is 14.6. The van der Waals surface area contributed by atoms with Crippen molar-refractivity contribution in [1.82, 2.24) is 15.2 Å². The van der Waals surface area contributed by atoms with Crippen LogP contribution >= 0.6 is 11.3 Å². The summed E-state index contributed by atoms with van der Waals surface area (Å²) in [6.45, 7) is 0. The van der Waals surface area contributed by atoms with Gasteiger partial charge in [-0.1, -0.05) is 42.5 Å². The lowest BCUT2D eigenvalue weighted by Gasteiger charge is -2.13. The average Bonchev–Trinajstić information content (AvgIpc) is 3.17. The molecule has 3 nitrogen and oxygen atoms in total. The van der Waals surface area contributed by atoms with E-state index in [0.717, 1.165) is 10.4 Å². The molecule has 0 saturated heterocycles. The number of rotatable bonds is 3. The van der Waals surface area contributed by atoms with Gasteiger partial charge in [-0.3, -0.25) is 4.98 Å². The maximum atomic E-state index is 14.6. The zero-order valence-electron chi connectivity index (χ0n) is 12.6. The third kappa shape index (κ3) is 2.59. The van der Waals surface area contributed by atoms with Crippen LogP contribution in [0.25, 0.3) is 33.0 Å². The Bertz CT molecular complexity index is 955. The van der Waals surface area contributed by atoms with Crippen LogP contribution in [-0.4, -0.2) is 15.2 Å². The molecule has 0 unspecified atom stereocenters. The van der Waals surface area contributed by atoms with Gasteiger partial charge in [-0.15, -0.1) is 21.5 Å². The molecule has 4 rings (SSSR count). The Labute approximate surface area is 142 Å². The number of benzene rings is 1. The van der Waals surface area contributed by atoms with Crippen LogP contribution in [0.3, 0.4) is 0 Å². The number of halogens is 1. The minimum Gasteiger partial charge on any atom is -0.256 e. The molecule has 0 N–H and O–H groups in total. The van der Waals surface area contributed by atoms with Crippen molar-refractivity contribution in [1.29, 1.82) is 0 Å². The molecule has 3 heterocycles. The quantitative estimate of drug-likeness (QED) is 0.525. The molecule has 0 amide bonds. The van der Waals surface area contributed by atoms with E-state index in [2.05, 4.69) is 15.2 Å².